The number of carbonyl (C=O) groups is 2. The number of carbonyl (C=O) groups excluding carboxylic acids is 2. The third-order valence-electron chi connectivity index (χ3n) is 3.62. The lowest BCUT2D eigenvalue weighted by Crippen LogP contribution is -2.50. The minimum absolute atomic E-state index is 0.0690. The minimum Gasteiger partial charge on any atom is -0.452 e. The molecule has 0 heterocycles. The predicted octanol–water partition coefficient (Wildman–Crippen LogP) is 2.04. The maximum atomic E-state index is 11.9. The van der Waals surface area contributed by atoms with Gasteiger partial charge >= 0.3 is 5.97 Å². The van der Waals surface area contributed by atoms with Crippen LogP contribution in [0.2, 0.25) is 0 Å². The fourth-order valence-corrected chi connectivity index (χ4v) is 1.75. The Balaban J connectivity index is 2.56. The summed E-state index contributed by atoms with van der Waals surface area (Å²) in [5, 5.41) is 11.7. The van der Waals surface area contributed by atoms with Crippen molar-refractivity contribution in [2.24, 2.45) is 5.92 Å². The van der Waals surface area contributed by atoms with Crippen molar-refractivity contribution >= 4 is 11.9 Å². The third-order valence-corrected chi connectivity index (χ3v) is 3.62. The second-order valence-corrected chi connectivity index (χ2v) is 5.72. The lowest BCUT2D eigenvalue weighted by Gasteiger charge is -2.27. The first kappa shape index (κ1) is 18.7. The molecule has 1 N–H and O–H groups in total. The van der Waals surface area contributed by atoms with Crippen LogP contribution in [0.5, 0.6) is 0 Å². The molecule has 1 aromatic carbocycles. The molecule has 0 spiro atoms. The van der Waals surface area contributed by atoms with Gasteiger partial charge in [0.15, 0.2) is 6.61 Å². The van der Waals surface area contributed by atoms with Crippen molar-refractivity contribution in [3.8, 4) is 6.07 Å². The largest absolute Gasteiger partial charge is 0.452 e. The van der Waals surface area contributed by atoms with Crippen molar-refractivity contribution in [2.75, 3.05) is 13.7 Å². The number of ether oxygens (including phenoxy) is 2. The van der Waals surface area contributed by atoms with Crippen LogP contribution in [-0.2, 0) is 20.9 Å². The van der Waals surface area contributed by atoms with Crippen molar-refractivity contribution in [3.63, 3.8) is 0 Å². The second-order valence-electron chi connectivity index (χ2n) is 5.72. The number of nitrogens with zero attached hydrogens (tertiary/aromatic N) is 1. The fraction of sp³-hybridized carbons (Fsp3) is 0.471. The molecule has 0 bridgehead atoms. The fourth-order valence-electron chi connectivity index (χ4n) is 1.75. The van der Waals surface area contributed by atoms with Gasteiger partial charge in [-0.2, -0.15) is 5.26 Å². The van der Waals surface area contributed by atoms with Gasteiger partial charge in [0.05, 0.1) is 18.2 Å². The van der Waals surface area contributed by atoms with Gasteiger partial charge in [0.25, 0.3) is 5.91 Å². The Hall–Kier alpha value is -2.39. The van der Waals surface area contributed by atoms with Gasteiger partial charge in [0.2, 0.25) is 0 Å². The summed E-state index contributed by atoms with van der Waals surface area (Å²) in [4.78, 5) is 23.7. The zero-order valence-electron chi connectivity index (χ0n) is 13.9. The van der Waals surface area contributed by atoms with Gasteiger partial charge in [-0.15, -0.1) is 0 Å². The van der Waals surface area contributed by atoms with E-state index >= 15 is 0 Å². The minimum atomic E-state index is -0.995. The van der Waals surface area contributed by atoms with E-state index in [9.17, 15) is 9.59 Å². The first-order chi connectivity index (χ1) is 10.8. The van der Waals surface area contributed by atoms with E-state index < -0.39 is 24.0 Å². The molecule has 1 amide bonds. The summed E-state index contributed by atoms with van der Waals surface area (Å²) in [5.41, 5.74) is 0.291. The molecule has 6 nitrogen and oxygen atoms in total. The lowest BCUT2D eigenvalue weighted by atomic mass is 9.90. The molecule has 23 heavy (non-hydrogen) atoms. The summed E-state index contributed by atoms with van der Waals surface area (Å²) in [7, 11) is 1.59. The third kappa shape index (κ3) is 5.38. The average molecular weight is 318 g/mol. The smallest absolute Gasteiger partial charge is 0.338 e. The molecule has 0 saturated carbocycles. The second kappa shape index (κ2) is 8.30. The molecule has 1 aromatic rings. The molecule has 1 unspecified atom stereocenters. The van der Waals surface area contributed by atoms with E-state index in [4.69, 9.17) is 14.7 Å². The van der Waals surface area contributed by atoms with Crippen LogP contribution in [-0.4, -0.2) is 31.1 Å². The molecule has 0 aliphatic heterocycles. The van der Waals surface area contributed by atoms with Crippen molar-refractivity contribution in [2.45, 2.75) is 32.9 Å². The Morgan fingerprint density at radius 3 is 2.39 bits per heavy atom. The van der Waals surface area contributed by atoms with Crippen LogP contribution in [0.1, 0.15) is 36.7 Å². The number of esters is 1. The van der Waals surface area contributed by atoms with E-state index in [1.165, 1.54) is 0 Å². The van der Waals surface area contributed by atoms with Crippen LogP contribution in [0, 0.1) is 17.2 Å². The normalized spacial score (nSPS) is 13.0. The van der Waals surface area contributed by atoms with Crippen molar-refractivity contribution in [1.82, 2.24) is 5.32 Å². The molecule has 6 heteroatoms. The molecule has 124 valence electrons. The molecule has 0 aliphatic carbocycles. The summed E-state index contributed by atoms with van der Waals surface area (Å²) in [6.07, 6.45) is 0. The topological polar surface area (TPSA) is 88.4 Å². The standard InChI is InChI=1S/C17H22N2O4/c1-12(2)17(3,11-18)19-15(20)10-23-16(21)14-7-5-13(6-8-14)9-22-4/h5-8,12H,9-10H2,1-4H3,(H,19,20). The highest BCUT2D eigenvalue weighted by Gasteiger charge is 2.30. The molecule has 0 aromatic heterocycles. The van der Waals surface area contributed by atoms with Crippen molar-refractivity contribution in [3.05, 3.63) is 35.4 Å². The zero-order valence-corrected chi connectivity index (χ0v) is 13.9. The molecule has 1 atom stereocenters. The number of amides is 1. The molecular weight excluding hydrogens is 296 g/mol. The van der Waals surface area contributed by atoms with Gasteiger partial charge in [-0.05, 0) is 30.5 Å². The number of benzene rings is 1. The molecule has 0 aliphatic rings. The zero-order chi connectivity index (χ0) is 17.5. The van der Waals surface area contributed by atoms with Gasteiger partial charge < -0.3 is 14.8 Å². The van der Waals surface area contributed by atoms with Gasteiger partial charge in [0, 0.05) is 7.11 Å². The first-order valence-corrected chi connectivity index (χ1v) is 7.29. The number of methoxy groups -OCH3 is 1. The highest BCUT2D eigenvalue weighted by Crippen LogP contribution is 2.15. The van der Waals surface area contributed by atoms with Crippen LogP contribution < -0.4 is 5.32 Å². The maximum Gasteiger partial charge on any atom is 0.338 e. The van der Waals surface area contributed by atoms with E-state index in [1.54, 1.807) is 38.3 Å². The highest BCUT2D eigenvalue weighted by molar-refractivity contribution is 5.91. The Bertz CT molecular complexity index is 590. The molecular formula is C17H22N2O4. The first-order valence-electron chi connectivity index (χ1n) is 7.29. The van der Waals surface area contributed by atoms with Crippen molar-refractivity contribution in [1.29, 1.82) is 5.26 Å². The SMILES string of the molecule is COCc1ccc(C(=O)OCC(=O)NC(C)(C#N)C(C)C)cc1. The summed E-state index contributed by atoms with van der Waals surface area (Å²) >= 11 is 0. The number of hydrogen-bond donors (Lipinski definition) is 1. The van der Waals surface area contributed by atoms with E-state index in [0.29, 0.717) is 12.2 Å². The van der Waals surface area contributed by atoms with Gasteiger partial charge in [-0.1, -0.05) is 26.0 Å². The summed E-state index contributed by atoms with van der Waals surface area (Å²) in [5.74, 6) is -1.17. The Kier molecular flexibility index (Phi) is 6.73. The van der Waals surface area contributed by atoms with Crippen molar-refractivity contribution < 1.29 is 19.1 Å². The van der Waals surface area contributed by atoms with Gasteiger partial charge in [-0.3, -0.25) is 4.79 Å². The van der Waals surface area contributed by atoms with Crippen LogP contribution in [0.4, 0.5) is 0 Å². The molecule has 0 saturated heterocycles. The average Bonchev–Trinajstić information content (AvgIpc) is 2.53. The quantitative estimate of drug-likeness (QED) is 0.777. The van der Waals surface area contributed by atoms with E-state index in [2.05, 4.69) is 11.4 Å². The number of hydrogen-bond acceptors (Lipinski definition) is 5. The van der Waals surface area contributed by atoms with Crippen LogP contribution >= 0.6 is 0 Å². The molecule has 0 fully saturated rings. The van der Waals surface area contributed by atoms with E-state index in [0.717, 1.165) is 5.56 Å². The Morgan fingerprint density at radius 2 is 1.91 bits per heavy atom. The van der Waals surface area contributed by atoms with E-state index in [1.807, 2.05) is 13.8 Å². The molecule has 0 radical (unpaired) electrons. The van der Waals surface area contributed by atoms with E-state index in [-0.39, 0.29) is 5.92 Å². The Labute approximate surface area is 136 Å². The lowest BCUT2D eigenvalue weighted by molar-refractivity contribution is -0.125. The highest BCUT2D eigenvalue weighted by atomic mass is 16.5. The summed E-state index contributed by atoms with van der Waals surface area (Å²) in [6, 6.07) is 8.80. The summed E-state index contributed by atoms with van der Waals surface area (Å²) in [6.45, 7) is 5.32. The van der Waals surface area contributed by atoms with Crippen LogP contribution in [0.3, 0.4) is 0 Å². The number of rotatable bonds is 7. The number of nitriles is 1. The van der Waals surface area contributed by atoms with Gasteiger partial charge in [-0.25, -0.2) is 4.79 Å². The van der Waals surface area contributed by atoms with Crippen LogP contribution in [0.15, 0.2) is 24.3 Å². The van der Waals surface area contributed by atoms with Gasteiger partial charge in [0.1, 0.15) is 5.54 Å². The van der Waals surface area contributed by atoms with Crippen LogP contribution in [0.25, 0.3) is 0 Å². The predicted molar refractivity (Wildman–Crippen MR) is 84.4 cm³/mol. The summed E-state index contributed by atoms with van der Waals surface area (Å²) < 4.78 is 9.96. The molecule has 1 rings (SSSR count). The Morgan fingerprint density at radius 1 is 1.30 bits per heavy atom. The number of nitrogens with one attached hydrogen (secondary N) is 1. The monoisotopic (exact) mass is 318 g/mol. The maximum absolute atomic E-state index is 11.9.